The predicted octanol–water partition coefficient (Wildman–Crippen LogP) is 3.48. The van der Waals surface area contributed by atoms with Crippen LogP contribution < -0.4 is 15.0 Å². The van der Waals surface area contributed by atoms with E-state index in [0.717, 1.165) is 41.5 Å². The van der Waals surface area contributed by atoms with E-state index in [-0.39, 0.29) is 12.1 Å². The number of carbonyl (C=O) groups excluding carboxylic acids is 1. The van der Waals surface area contributed by atoms with Gasteiger partial charge >= 0.3 is 6.03 Å². The number of rotatable bonds is 2. The number of fused-ring (bicyclic) bond motifs is 1. The number of hydrogen-bond acceptors (Lipinski definition) is 3. The molecule has 0 spiro atoms. The maximum Gasteiger partial charge on any atom is 0.317 e. The van der Waals surface area contributed by atoms with Crippen molar-refractivity contribution in [2.45, 2.75) is 19.4 Å². The SMILES string of the molecule is Cc1ccc(Cl)cc1N1CCN(C(=O)NC2COc3ccccc3C2)CC1. The third kappa shape index (κ3) is 3.98. The van der Waals surface area contributed by atoms with Crippen molar-refractivity contribution >= 4 is 23.3 Å². The monoisotopic (exact) mass is 385 g/mol. The maximum atomic E-state index is 12.7. The second-order valence-corrected chi connectivity index (χ2v) is 7.61. The molecule has 0 aliphatic carbocycles. The lowest BCUT2D eigenvalue weighted by molar-refractivity contribution is 0.178. The van der Waals surface area contributed by atoms with E-state index in [1.165, 1.54) is 5.56 Å². The van der Waals surface area contributed by atoms with Gasteiger partial charge < -0.3 is 19.9 Å². The Bertz CT molecular complexity index is 834. The van der Waals surface area contributed by atoms with Crippen molar-refractivity contribution in [1.82, 2.24) is 10.2 Å². The molecule has 0 aromatic heterocycles. The number of urea groups is 1. The number of anilines is 1. The number of carbonyl (C=O) groups is 1. The molecule has 1 N–H and O–H groups in total. The largest absolute Gasteiger partial charge is 0.491 e. The van der Waals surface area contributed by atoms with Crippen LogP contribution in [0.3, 0.4) is 0 Å². The van der Waals surface area contributed by atoms with Crippen molar-refractivity contribution in [2.24, 2.45) is 0 Å². The van der Waals surface area contributed by atoms with E-state index in [4.69, 9.17) is 16.3 Å². The van der Waals surface area contributed by atoms with Gasteiger partial charge in [-0.25, -0.2) is 4.79 Å². The van der Waals surface area contributed by atoms with Gasteiger partial charge in [-0.05, 0) is 42.7 Å². The number of aryl methyl sites for hydroxylation is 1. The Hall–Kier alpha value is -2.40. The first-order chi connectivity index (χ1) is 13.1. The van der Waals surface area contributed by atoms with Crippen molar-refractivity contribution in [3.8, 4) is 5.75 Å². The highest BCUT2D eigenvalue weighted by Crippen LogP contribution is 2.26. The molecular formula is C21H24ClN3O2. The van der Waals surface area contributed by atoms with Crippen LogP contribution >= 0.6 is 11.6 Å². The Labute approximate surface area is 164 Å². The molecule has 6 heteroatoms. The van der Waals surface area contributed by atoms with Crippen LogP contribution in [-0.4, -0.2) is 49.8 Å². The summed E-state index contributed by atoms with van der Waals surface area (Å²) in [4.78, 5) is 16.8. The molecule has 2 aromatic rings. The smallest absolute Gasteiger partial charge is 0.317 e. The van der Waals surface area contributed by atoms with Crippen molar-refractivity contribution in [3.63, 3.8) is 0 Å². The molecule has 2 aliphatic rings. The summed E-state index contributed by atoms with van der Waals surface area (Å²) in [6.45, 7) is 5.61. The van der Waals surface area contributed by atoms with Gasteiger partial charge in [0.25, 0.3) is 0 Å². The third-order valence-corrected chi connectivity index (χ3v) is 5.52. The summed E-state index contributed by atoms with van der Waals surface area (Å²) in [5.41, 5.74) is 3.51. The summed E-state index contributed by atoms with van der Waals surface area (Å²) in [6.07, 6.45) is 0.809. The van der Waals surface area contributed by atoms with Crippen LogP contribution in [0.4, 0.5) is 10.5 Å². The van der Waals surface area contributed by atoms with Crippen molar-refractivity contribution in [2.75, 3.05) is 37.7 Å². The second-order valence-electron chi connectivity index (χ2n) is 7.17. The molecule has 5 nitrogen and oxygen atoms in total. The molecule has 1 atom stereocenters. The standard InChI is InChI=1S/C21H24ClN3O2/c1-15-6-7-17(22)13-19(15)24-8-10-25(11-9-24)21(26)23-18-12-16-4-2-3-5-20(16)27-14-18/h2-7,13,18H,8-12,14H2,1H3,(H,23,26). The van der Waals surface area contributed by atoms with E-state index in [2.05, 4.69) is 23.2 Å². The first-order valence-electron chi connectivity index (χ1n) is 9.37. The summed E-state index contributed by atoms with van der Waals surface area (Å²) >= 11 is 6.15. The Morgan fingerprint density at radius 2 is 1.93 bits per heavy atom. The highest BCUT2D eigenvalue weighted by atomic mass is 35.5. The Morgan fingerprint density at radius 1 is 1.15 bits per heavy atom. The van der Waals surface area contributed by atoms with Gasteiger partial charge in [0.15, 0.2) is 0 Å². The van der Waals surface area contributed by atoms with E-state index in [1.54, 1.807) is 0 Å². The summed E-state index contributed by atoms with van der Waals surface area (Å²) in [5, 5.41) is 3.87. The van der Waals surface area contributed by atoms with E-state index >= 15 is 0 Å². The molecule has 142 valence electrons. The first kappa shape index (κ1) is 18.0. The summed E-state index contributed by atoms with van der Waals surface area (Å²) in [5.74, 6) is 0.925. The van der Waals surface area contributed by atoms with Crippen LogP contribution in [0.1, 0.15) is 11.1 Å². The maximum absolute atomic E-state index is 12.7. The fourth-order valence-corrected chi connectivity index (χ4v) is 3.93. The molecule has 0 saturated carbocycles. The molecule has 0 radical (unpaired) electrons. The first-order valence-corrected chi connectivity index (χ1v) is 9.75. The zero-order chi connectivity index (χ0) is 18.8. The molecule has 2 aromatic carbocycles. The van der Waals surface area contributed by atoms with Gasteiger partial charge in [-0.15, -0.1) is 0 Å². The molecule has 2 heterocycles. The van der Waals surface area contributed by atoms with E-state index in [0.29, 0.717) is 19.7 Å². The molecule has 1 fully saturated rings. The predicted molar refractivity (Wildman–Crippen MR) is 108 cm³/mol. The molecule has 1 saturated heterocycles. The van der Waals surface area contributed by atoms with Gasteiger partial charge in [0.05, 0.1) is 6.04 Å². The van der Waals surface area contributed by atoms with Gasteiger partial charge in [-0.3, -0.25) is 0 Å². The Kier molecular flexibility index (Phi) is 5.12. The van der Waals surface area contributed by atoms with Crippen LogP contribution in [0.5, 0.6) is 5.75 Å². The van der Waals surface area contributed by atoms with Crippen molar-refractivity contribution in [1.29, 1.82) is 0 Å². The summed E-state index contributed by atoms with van der Waals surface area (Å²) < 4.78 is 5.77. The lowest BCUT2D eigenvalue weighted by Gasteiger charge is -2.37. The normalized spacial score (nSPS) is 19.3. The Morgan fingerprint density at radius 3 is 2.74 bits per heavy atom. The highest BCUT2D eigenvalue weighted by molar-refractivity contribution is 6.30. The van der Waals surface area contributed by atoms with Crippen molar-refractivity contribution < 1.29 is 9.53 Å². The molecule has 1 unspecified atom stereocenters. The number of amides is 2. The van der Waals surface area contributed by atoms with Crippen LogP contribution in [0, 0.1) is 6.92 Å². The van der Waals surface area contributed by atoms with E-state index in [1.807, 2.05) is 41.3 Å². The van der Waals surface area contributed by atoms with Crippen LogP contribution in [0.25, 0.3) is 0 Å². The van der Waals surface area contributed by atoms with E-state index in [9.17, 15) is 4.79 Å². The number of para-hydroxylation sites is 1. The minimum absolute atomic E-state index is 0.00885. The average molecular weight is 386 g/mol. The Balaban J connectivity index is 1.32. The minimum atomic E-state index is -0.00885. The molecular weight excluding hydrogens is 362 g/mol. The fraction of sp³-hybridized carbons (Fsp3) is 0.381. The lowest BCUT2D eigenvalue weighted by atomic mass is 10.0. The molecule has 4 rings (SSSR count). The average Bonchev–Trinajstić information content (AvgIpc) is 2.70. The van der Waals surface area contributed by atoms with Crippen LogP contribution in [0.15, 0.2) is 42.5 Å². The number of nitrogens with zero attached hydrogens (tertiary/aromatic N) is 2. The lowest BCUT2D eigenvalue weighted by Crippen LogP contribution is -2.55. The second kappa shape index (κ2) is 7.69. The molecule has 2 amide bonds. The fourth-order valence-electron chi connectivity index (χ4n) is 3.76. The van der Waals surface area contributed by atoms with E-state index < -0.39 is 0 Å². The minimum Gasteiger partial charge on any atom is -0.491 e. The van der Waals surface area contributed by atoms with Gasteiger partial charge in [-0.2, -0.15) is 0 Å². The van der Waals surface area contributed by atoms with Crippen LogP contribution in [-0.2, 0) is 6.42 Å². The highest BCUT2D eigenvalue weighted by Gasteiger charge is 2.26. The zero-order valence-corrected chi connectivity index (χ0v) is 16.2. The van der Waals surface area contributed by atoms with Gasteiger partial charge in [-0.1, -0.05) is 35.9 Å². The number of halogens is 1. The number of ether oxygens (including phenoxy) is 1. The van der Waals surface area contributed by atoms with Gasteiger partial charge in [0.2, 0.25) is 0 Å². The number of benzene rings is 2. The van der Waals surface area contributed by atoms with Crippen LogP contribution in [0.2, 0.25) is 5.02 Å². The van der Waals surface area contributed by atoms with Gasteiger partial charge in [0, 0.05) is 36.9 Å². The molecule has 2 aliphatic heterocycles. The number of piperazine rings is 1. The quantitative estimate of drug-likeness (QED) is 0.860. The number of nitrogens with one attached hydrogen (secondary N) is 1. The molecule has 27 heavy (non-hydrogen) atoms. The number of hydrogen-bond donors (Lipinski definition) is 1. The topological polar surface area (TPSA) is 44.8 Å². The summed E-state index contributed by atoms with van der Waals surface area (Å²) in [6, 6.07) is 14.0. The van der Waals surface area contributed by atoms with Crippen molar-refractivity contribution in [3.05, 3.63) is 58.6 Å². The van der Waals surface area contributed by atoms with Gasteiger partial charge in [0.1, 0.15) is 12.4 Å². The third-order valence-electron chi connectivity index (χ3n) is 5.29. The zero-order valence-electron chi connectivity index (χ0n) is 15.5. The molecule has 0 bridgehead atoms. The summed E-state index contributed by atoms with van der Waals surface area (Å²) in [7, 11) is 0.